The van der Waals surface area contributed by atoms with Crippen molar-refractivity contribution in [1.29, 1.82) is 0 Å². The Morgan fingerprint density at radius 2 is 2.05 bits per heavy atom. The monoisotopic (exact) mass is 362 g/mol. The smallest absolute Gasteiger partial charge is 0.271 e. The number of benzene rings is 1. The lowest BCUT2D eigenvalue weighted by Crippen LogP contribution is -2.25. The summed E-state index contributed by atoms with van der Waals surface area (Å²) in [6.45, 7) is 4.77. The van der Waals surface area contributed by atoms with Crippen LogP contribution in [0.15, 0.2) is 34.8 Å². The maximum atomic E-state index is 11.8. The van der Waals surface area contributed by atoms with E-state index in [0.717, 1.165) is 28.6 Å². The Labute approximate surface area is 138 Å². The highest BCUT2D eigenvalue weighted by molar-refractivity contribution is 9.10. The number of carbonyl (C=O) groups excluding carboxylic acids is 1. The highest BCUT2D eigenvalue weighted by Gasteiger charge is 2.07. The van der Waals surface area contributed by atoms with Gasteiger partial charge in [0.25, 0.3) is 5.91 Å². The number of amides is 1. The van der Waals surface area contributed by atoms with Crippen LogP contribution in [0, 0.1) is 6.92 Å². The molecule has 0 bridgehead atoms. The second-order valence-electron chi connectivity index (χ2n) is 5.00. The highest BCUT2D eigenvalue weighted by atomic mass is 79.9. The molecule has 0 aliphatic rings. The van der Waals surface area contributed by atoms with Crippen molar-refractivity contribution < 1.29 is 4.79 Å². The van der Waals surface area contributed by atoms with Gasteiger partial charge in [0.1, 0.15) is 0 Å². The van der Waals surface area contributed by atoms with E-state index < -0.39 is 0 Å². The number of aromatic nitrogens is 2. The molecule has 0 saturated heterocycles. The van der Waals surface area contributed by atoms with Gasteiger partial charge in [0.2, 0.25) is 0 Å². The fourth-order valence-corrected chi connectivity index (χ4v) is 2.19. The number of halogens is 1. The number of aryl methyl sites for hydroxylation is 1. The van der Waals surface area contributed by atoms with E-state index in [1.165, 1.54) is 0 Å². The maximum absolute atomic E-state index is 11.8. The topological polar surface area (TPSA) is 66.9 Å². The van der Waals surface area contributed by atoms with Gasteiger partial charge in [0, 0.05) is 16.7 Å². The normalized spacial score (nSPS) is 10.3. The van der Waals surface area contributed by atoms with Gasteiger partial charge in [0.15, 0.2) is 11.5 Å². The van der Waals surface area contributed by atoms with Gasteiger partial charge in [0.05, 0.1) is 0 Å². The molecule has 2 aromatic rings. The van der Waals surface area contributed by atoms with Crippen molar-refractivity contribution in [2.75, 3.05) is 11.9 Å². The minimum absolute atomic E-state index is 0.189. The molecule has 0 atom stereocenters. The lowest BCUT2D eigenvalue weighted by Gasteiger charge is -2.07. The standard InChI is InChI=1S/C16H19BrN4O/c1-3-4-9-18-16(22)14-7-8-15(21-20-14)19-12-6-5-11(2)13(17)10-12/h5-8,10H,3-4,9H2,1-2H3,(H,18,22)(H,19,21). The van der Waals surface area contributed by atoms with Crippen molar-refractivity contribution in [2.45, 2.75) is 26.7 Å². The lowest BCUT2D eigenvalue weighted by atomic mass is 10.2. The number of rotatable bonds is 6. The summed E-state index contributed by atoms with van der Waals surface area (Å²) in [7, 11) is 0. The second kappa shape index (κ2) is 7.89. The Morgan fingerprint density at radius 3 is 2.68 bits per heavy atom. The predicted octanol–water partition coefficient (Wildman–Crippen LogP) is 3.82. The molecule has 1 heterocycles. The van der Waals surface area contributed by atoms with Crippen molar-refractivity contribution in [3.63, 3.8) is 0 Å². The van der Waals surface area contributed by atoms with Gasteiger partial charge in [-0.25, -0.2) is 0 Å². The van der Waals surface area contributed by atoms with Crippen LogP contribution in [-0.2, 0) is 0 Å². The molecule has 0 spiro atoms. The van der Waals surface area contributed by atoms with E-state index in [1.54, 1.807) is 12.1 Å². The Morgan fingerprint density at radius 1 is 1.23 bits per heavy atom. The van der Waals surface area contributed by atoms with Crippen LogP contribution in [0.3, 0.4) is 0 Å². The van der Waals surface area contributed by atoms with Crippen LogP contribution in [0.4, 0.5) is 11.5 Å². The lowest BCUT2D eigenvalue weighted by molar-refractivity contribution is 0.0947. The summed E-state index contributed by atoms with van der Waals surface area (Å²) < 4.78 is 1.03. The fraction of sp³-hybridized carbons (Fsp3) is 0.312. The van der Waals surface area contributed by atoms with E-state index in [4.69, 9.17) is 0 Å². The summed E-state index contributed by atoms with van der Waals surface area (Å²) in [5, 5.41) is 14.0. The van der Waals surface area contributed by atoms with Crippen LogP contribution in [-0.4, -0.2) is 22.6 Å². The number of anilines is 2. The first-order valence-electron chi connectivity index (χ1n) is 7.25. The molecule has 0 aliphatic carbocycles. The zero-order valence-corrected chi connectivity index (χ0v) is 14.3. The fourth-order valence-electron chi connectivity index (χ4n) is 1.81. The van der Waals surface area contributed by atoms with Crippen molar-refractivity contribution in [1.82, 2.24) is 15.5 Å². The number of hydrogen-bond acceptors (Lipinski definition) is 4. The molecule has 0 unspecified atom stereocenters. The molecule has 6 heteroatoms. The third-order valence-corrected chi connectivity index (χ3v) is 4.01. The average Bonchev–Trinajstić information content (AvgIpc) is 2.52. The molecule has 1 amide bonds. The van der Waals surface area contributed by atoms with Gasteiger partial charge in [-0.15, -0.1) is 10.2 Å². The van der Waals surface area contributed by atoms with Gasteiger partial charge in [-0.3, -0.25) is 4.79 Å². The van der Waals surface area contributed by atoms with Crippen molar-refractivity contribution in [3.8, 4) is 0 Å². The number of nitrogens with one attached hydrogen (secondary N) is 2. The van der Waals surface area contributed by atoms with Crippen LogP contribution < -0.4 is 10.6 Å². The van der Waals surface area contributed by atoms with Crippen molar-refractivity contribution in [2.24, 2.45) is 0 Å². The summed E-state index contributed by atoms with van der Waals surface area (Å²) in [6, 6.07) is 9.36. The van der Waals surface area contributed by atoms with Crippen LogP contribution in [0.25, 0.3) is 0 Å². The number of nitrogens with zero attached hydrogens (tertiary/aromatic N) is 2. The average molecular weight is 363 g/mol. The van der Waals surface area contributed by atoms with Gasteiger partial charge >= 0.3 is 0 Å². The highest BCUT2D eigenvalue weighted by Crippen LogP contribution is 2.22. The van der Waals surface area contributed by atoms with Crippen LogP contribution in [0.1, 0.15) is 35.8 Å². The molecule has 1 aromatic carbocycles. The SMILES string of the molecule is CCCCNC(=O)c1ccc(Nc2ccc(C)c(Br)c2)nn1. The molecule has 0 radical (unpaired) electrons. The Bertz CT molecular complexity index is 643. The van der Waals surface area contributed by atoms with E-state index in [0.29, 0.717) is 18.1 Å². The van der Waals surface area contributed by atoms with E-state index in [-0.39, 0.29) is 5.91 Å². The van der Waals surface area contributed by atoms with Crippen molar-refractivity contribution in [3.05, 3.63) is 46.1 Å². The second-order valence-corrected chi connectivity index (χ2v) is 5.86. The largest absolute Gasteiger partial charge is 0.351 e. The van der Waals surface area contributed by atoms with Crippen molar-refractivity contribution >= 4 is 33.3 Å². The summed E-state index contributed by atoms with van der Waals surface area (Å²) in [6.07, 6.45) is 2.00. The quantitative estimate of drug-likeness (QED) is 0.766. The summed E-state index contributed by atoms with van der Waals surface area (Å²) in [5.41, 5.74) is 2.40. The molecular formula is C16H19BrN4O. The molecular weight excluding hydrogens is 344 g/mol. The maximum Gasteiger partial charge on any atom is 0.271 e. The summed E-state index contributed by atoms with van der Waals surface area (Å²) >= 11 is 3.49. The van der Waals surface area contributed by atoms with E-state index in [9.17, 15) is 4.79 Å². The van der Waals surface area contributed by atoms with Gasteiger partial charge in [-0.2, -0.15) is 0 Å². The Balaban J connectivity index is 1.99. The van der Waals surface area contributed by atoms with E-state index >= 15 is 0 Å². The molecule has 5 nitrogen and oxygen atoms in total. The zero-order valence-electron chi connectivity index (χ0n) is 12.7. The first-order chi connectivity index (χ1) is 10.6. The molecule has 2 N–H and O–H groups in total. The predicted molar refractivity (Wildman–Crippen MR) is 91.4 cm³/mol. The minimum Gasteiger partial charge on any atom is -0.351 e. The first-order valence-corrected chi connectivity index (χ1v) is 8.04. The van der Waals surface area contributed by atoms with Gasteiger partial charge in [-0.1, -0.05) is 35.3 Å². The van der Waals surface area contributed by atoms with Gasteiger partial charge < -0.3 is 10.6 Å². The third kappa shape index (κ3) is 4.53. The summed E-state index contributed by atoms with van der Waals surface area (Å²) in [5.74, 6) is 0.409. The molecule has 1 aromatic heterocycles. The first kappa shape index (κ1) is 16.4. The zero-order chi connectivity index (χ0) is 15.9. The number of hydrogen-bond donors (Lipinski definition) is 2. The van der Waals surface area contributed by atoms with Gasteiger partial charge in [-0.05, 0) is 43.2 Å². The Hall–Kier alpha value is -1.95. The molecule has 116 valence electrons. The van der Waals surface area contributed by atoms with Crippen LogP contribution >= 0.6 is 15.9 Å². The number of carbonyl (C=O) groups is 1. The van der Waals surface area contributed by atoms with Crippen LogP contribution in [0.2, 0.25) is 0 Å². The Kier molecular flexibility index (Phi) is 5.89. The van der Waals surface area contributed by atoms with Crippen LogP contribution in [0.5, 0.6) is 0 Å². The molecule has 0 aliphatic heterocycles. The van der Waals surface area contributed by atoms with E-state index in [2.05, 4.69) is 43.7 Å². The molecule has 2 rings (SSSR count). The molecule has 0 saturated carbocycles. The summed E-state index contributed by atoms with van der Waals surface area (Å²) in [4.78, 5) is 11.8. The third-order valence-electron chi connectivity index (χ3n) is 3.16. The minimum atomic E-state index is -0.189. The molecule has 22 heavy (non-hydrogen) atoms. The van der Waals surface area contributed by atoms with E-state index in [1.807, 2.05) is 25.1 Å². The molecule has 0 fully saturated rings. The number of unbranched alkanes of at least 4 members (excludes halogenated alkanes) is 1.